The number of fused-ring (bicyclic) bond motifs is 1. The zero-order valence-corrected chi connectivity index (χ0v) is 22.3. The first-order valence-electron chi connectivity index (χ1n) is 12.3. The zero-order chi connectivity index (χ0) is 28.0. The van der Waals surface area contributed by atoms with Crippen LogP contribution in [0, 0.1) is 11.6 Å². The number of aromatic hydroxyl groups is 1. The van der Waals surface area contributed by atoms with E-state index < -0.39 is 17.4 Å². The van der Waals surface area contributed by atoms with Gasteiger partial charge in [0.2, 0.25) is 5.91 Å². The SMILES string of the molecule is C=CC(=O)N1C[C@H](C)N(c2nc(Oc3ccn(C)c3)nc3c(F)c(-c4c(O)cccc4F)c(Cl)cc23)C[C@H]1C. The van der Waals surface area contributed by atoms with Crippen molar-refractivity contribution in [2.24, 2.45) is 7.05 Å². The summed E-state index contributed by atoms with van der Waals surface area (Å²) < 4.78 is 38.7. The molecule has 0 saturated carbocycles. The number of phenolic OH excluding ortho intramolecular Hbond substituents is 1. The van der Waals surface area contributed by atoms with Crippen LogP contribution in [-0.2, 0) is 11.8 Å². The molecule has 1 aliphatic heterocycles. The number of rotatable bonds is 5. The molecule has 8 nitrogen and oxygen atoms in total. The summed E-state index contributed by atoms with van der Waals surface area (Å²) in [4.78, 5) is 25.0. The van der Waals surface area contributed by atoms with Crippen molar-refractivity contribution in [2.75, 3.05) is 18.0 Å². The second-order valence-electron chi connectivity index (χ2n) is 9.57. The number of anilines is 1. The molecule has 1 saturated heterocycles. The van der Waals surface area contributed by atoms with Crippen LogP contribution in [0.5, 0.6) is 17.5 Å². The van der Waals surface area contributed by atoms with Crippen LogP contribution in [0.3, 0.4) is 0 Å². The summed E-state index contributed by atoms with van der Waals surface area (Å²) in [5.74, 6) is -1.63. The highest BCUT2D eigenvalue weighted by Crippen LogP contribution is 2.43. The summed E-state index contributed by atoms with van der Waals surface area (Å²) in [7, 11) is 1.82. The van der Waals surface area contributed by atoms with Crippen molar-refractivity contribution in [3.63, 3.8) is 0 Å². The first-order chi connectivity index (χ1) is 18.6. The maximum absolute atomic E-state index is 16.2. The van der Waals surface area contributed by atoms with Crippen LogP contribution in [0.25, 0.3) is 22.0 Å². The van der Waals surface area contributed by atoms with Crippen LogP contribution in [0.2, 0.25) is 5.02 Å². The van der Waals surface area contributed by atoms with E-state index in [1.54, 1.807) is 27.9 Å². The number of amides is 1. The largest absolute Gasteiger partial charge is 0.507 e. The molecule has 0 bridgehead atoms. The lowest BCUT2D eigenvalue weighted by molar-refractivity contribution is -0.128. The zero-order valence-electron chi connectivity index (χ0n) is 21.5. The van der Waals surface area contributed by atoms with E-state index in [2.05, 4.69) is 16.5 Å². The number of carbonyl (C=O) groups excluding carboxylic acids is 1. The molecule has 1 amide bonds. The van der Waals surface area contributed by atoms with Crippen molar-refractivity contribution >= 4 is 34.2 Å². The number of hydrogen-bond donors (Lipinski definition) is 1. The number of carbonyl (C=O) groups is 1. The molecule has 202 valence electrons. The lowest BCUT2D eigenvalue weighted by Crippen LogP contribution is -2.58. The van der Waals surface area contributed by atoms with Gasteiger partial charge in [0.15, 0.2) is 5.82 Å². The van der Waals surface area contributed by atoms with Gasteiger partial charge in [-0.05, 0) is 44.2 Å². The first-order valence-corrected chi connectivity index (χ1v) is 12.6. The molecule has 5 rings (SSSR count). The molecule has 39 heavy (non-hydrogen) atoms. The van der Waals surface area contributed by atoms with Crippen molar-refractivity contribution in [3.8, 4) is 28.6 Å². The van der Waals surface area contributed by atoms with E-state index >= 15 is 4.39 Å². The molecule has 2 atom stereocenters. The number of nitrogens with zero attached hydrogens (tertiary/aromatic N) is 5. The molecule has 2 aromatic carbocycles. The van der Waals surface area contributed by atoms with E-state index in [-0.39, 0.29) is 51.1 Å². The molecular formula is C28H26ClF2N5O3. The van der Waals surface area contributed by atoms with E-state index in [9.17, 15) is 14.3 Å². The average molecular weight is 554 g/mol. The van der Waals surface area contributed by atoms with Gasteiger partial charge in [-0.25, -0.2) is 8.78 Å². The van der Waals surface area contributed by atoms with Gasteiger partial charge in [0, 0.05) is 55.6 Å². The van der Waals surface area contributed by atoms with Crippen molar-refractivity contribution in [3.05, 3.63) is 72.0 Å². The Labute approximate surface area is 228 Å². The van der Waals surface area contributed by atoms with E-state index in [0.717, 1.165) is 6.07 Å². The van der Waals surface area contributed by atoms with Crippen LogP contribution < -0.4 is 9.64 Å². The Morgan fingerprint density at radius 3 is 2.62 bits per heavy atom. The van der Waals surface area contributed by atoms with Gasteiger partial charge in [-0.15, -0.1) is 0 Å². The molecule has 1 aliphatic rings. The Hall–Kier alpha value is -4.18. The second-order valence-corrected chi connectivity index (χ2v) is 9.97. The average Bonchev–Trinajstić information content (AvgIpc) is 3.30. The number of ether oxygens (including phenoxy) is 1. The minimum absolute atomic E-state index is 0.122. The Morgan fingerprint density at radius 1 is 1.18 bits per heavy atom. The van der Waals surface area contributed by atoms with Crippen LogP contribution in [-0.4, -0.2) is 55.6 Å². The molecule has 0 unspecified atom stereocenters. The fraction of sp³-hybridized carbons (Fsp3) is 0.250. The second kappa shape index (κ2) is 10.2. The van der Waals surface area contributed by atoms with Gasteiger partial charge < -0.3 is 24.2 Å². The minimum atomic E-state index is -0.930. The summed E-state index contributed by atoms with van der Waals surface area (Å²) >= 11 is 6.53. The molecule has 2 aromatic heterocycles. The molecule has 0 spiro atoms. The topological polar surface area (TPSA) is 83.7 Å². The van der Waals surface area contributed by atoms with E-state index in [1.165, 1.54) is 24.3 Å². The third-order valence-corrected chi connectivity index (χ3v) is 7.11. The standard InChI is InChI=1S/C28H26ClF2N5O3/c1-5-22(38)35-12-16(3)36(13-15(35)2)27-18-11-19(29)23(24-20(30)7-6-8-21(24)37)25(31)26(18)32-28(33-27)39-17-9-10-34(4)14-17/h5-11,14-16,37H,1,12-13H2,2-4H3/t15-,16+/m1/s1. The van der Waals surface area contributed by atoms with Gasteiger partial charge in [0.25, 0.3) is 0 Å². The minimum Gasteiger partial charge on any atom is -0.507 e. The maximum atomic E-state index is 16.2. The van der Waals surface area contributed by atoms with Crippen LogP contribution in [0.1, 0.15) is 13.8 Å². The highest BCUT2D eigenvalue weighted by Gasteiger charge is 2.34. The molecule has 4 aromatic rings. The van der Waals surface area contributed by atoms with Gasteiger partial charge in [0.05, 0.1) is 10.6 Å². The predicted octanol–water partition coefficient (Wildman–Crippen LogP) is 5.68. The molecule has 1 N–H and O–H groups in total. The monoisotopic (exact) mass is 553 g/mol. The molecule has 3 heterocycles. The molecular weight excluding hydrogens is 528 g/mol. The van der Waals surface area contributed by atoms with Gasteiger partial charge in [-0.3, -0.25) is 4.79 Å². The van der Waals surface area contributed by atoms with Gasteiger partial charge in [-0.2, -0.15) is 9.97 Å². The van der Waals surface area contributed by atoms with Gasteiger partial charge >= 0.3 is 6.01 Å². The normalized spacial score (nSPS) is 17.5. The van der Waals surface area contributed by atoms with E-state index in [1.807, 2.05) is 25.8 Å². The fourth-order valence-corrected chi connectivity index (χ4v) is 5.19. The summed E-state index contributed by atoms with van der Waals surface area (Å²) in [6, 6.07) is 6.29. The number of hydrogen-bond acceptors (Lipinski definition) is 6. The number of aryl methyl sites for hydroxylation is 1. The fourth-order valence-electron chi connectivity index (χ4n) is 4.90. The van der Waals surface area contributed by atoms with Gasteiger partial charge in [0.1, 0.15) is 28.7 Å². The quantitative estimate of drug-likeness (QED) is 0.320. The summed E-state index contributed by atoms with van der Waals surface area (Å²) in [6.45, 7) is 8.17. The summed E-state index contributed by atoms with van der Waals surface area (Å²) in [5, 5.41) is 10.5. The first kappa shape index (κ1) is 26.4. The highest BCUT2D eigenvalue weighted by molar-refractivity contribution is 6.34. The van der Waals surface area contributed by atoms with Crippen molar-refractivity contribution in [1.82, 2.24) is 19.4 Å². The summed E-state index contributed by atoms with van der Waals surface area (Å²) in [6.07, 6.45) is 4.76. The predicted molar refractivity (Wildman–Crippen MR) is 145 cm³/mol. The Morgan fingerprint density at radius 2 is 1.95 bits per heavy atom. The lowest BCUT2D eigenvalue weighted by atomic mass is 10.0. The highest BCUT2D eigenvalue weighted by atomic mass is 35.5. The number of halogens is 3. The third kappa shape index (κ3) is 4.76. The number of aromatic nitrogens is 3. The smallest absolute Gasteiger partial charge is 0.324 e. The number of benzene rings is 2. The van der Waals surface area contributed by atoms with Crippen molar-refractivity contribution in [2.45, 2.75) is 25.9 Å². The van der Waals surface area contributed by atoms with E-state index in [4.69, 9.17) is 16.3 Å². The number of piperazine rings is 1. The third-order valence-electron chi connectivity index (χ3n) is 6.81. The van der Waals surface area contributed by atoms with Crippen LogP contribution in [0.15, 0.2) is 55.4 Å². The summed E-state index contributed by atoms with van der Waals surface area (Å²) in [5.41, 5.74) is -0.846. The maximum Gasteiger partial charge on any atom is 0.324 e. The van der Waals surface area contributed by atoms with Gasteiger partial charge in [-0.1, -0.05) is 24.2 Å². The molecule has 0 radical (unpaired) electrons. The lowest BCUT2D eigenvalue weighted by Gasteiger charge is -2.44. The Bertz CT molecular complexity index is 1590. The van der Waals surface area contributed by atoms with Crippen molar-refractivity contribution in [1.29, 1.82) is 0 Å². The number of phenols is 1. The Kier molecular flexibility index (Phi) is 6.90. The molecule has 1 fully saturated rings. The molecule has 0 aliphatic carbocycles. The van der Waals surface area contributed by atoms with Crippen molar-refractivity contribution < 1.29 is 23.4 Å². The van der Waals surface area contributed by atoms with E-state index in [0.29, 0.717) is 24.7 Å². The van der Waals surface area contributed by atoms with Crippen LogP contribution >= 0.6 is 11.6 Å². The van der Waals surface area contributed by atoms with Crippen LogP contribution in [0.4, 0.5) is 14.6 Å². The molecule has 11 heteroatoms. The Balaban J connectivity index is 1.71.